The van der Waals surface area contributed by atoms with Gasteiger partial charge in [0, 0.05) is 13.1 Å². The highest BCUT2D eigenvalue weighted by atomic mass is 32.2. The molecular formula is C15H23NO4S. The van der Waals surface area contributed by atoms with Crippen LogP contribution in [0.2, 0.25) is 0 Å². The number of sulfonamides is 1. The van der Waals surface area contributed by atoms with Crippen LogP contribution in [0.1, 0.15) is 25.0 Å². The van der Waals surface area contributed by atoms with Crippen molar-refractivity contribution in [2.45, 2.75) is 44.8 Å². The summed E-state index contributed by atoms with van der Waals surface area (Å²) in [6, 6.07) is 3.46. The van der Waals surface area contributed by atoms with Gasteiger partial charge in [-0.15, -0.1) is 0 Å². The Kier molecular flexibility index (Phi) is 4.60. The van der Waals surface area contributed by atoms with E-state index in [1.807, 2.05) is 20.8 Å². The van der Waals surface area contributed by atoms with Gasteiger partial charge in [0.15, 0.2) is 0 Å². The predicted molar refractivity (Wildman–Crippen MR) is 81.2 cm³/mol. The van der Waals surface area contributed by atoms with Gasteiger partial charge in [-0.25, -0.2) is 8.42 Å². The van der Waals surface area contributed by atoms with Gasteiger partial charge < -0.3 is 9.47 Å². The van der Waals surface area contributed by atoms with Crippen molar-refractivity contribution in [3.8, 4) is 5.75 Å². The van der Waals surface area contributed by atoms with Crippen molar-refractivity contribution in [3.05, 3.63) is 23.3 Å². The first-order chi connectivity index (χ1) is 9.75. The lowest BCUT2D eigenvalue weighted by atomic mass is 10.1. The van der Waals surface area contributed by atoms with E-state index in [1.54, 1.807) is 26.2 Å². The summed E-state index contributed by atoms with van der Waals surface area (Å²) < 4.78 is 38.1. The predicted octanol–water partition coefficient (Wildman–Crippen LogP) is 2.11. The highest BCUT2D eigenvalue weighted by Crippen LogP contribution is 2.29. The number of aryl methyl sites for hydroxylation is 2. The summed E-state index contributed by atoms with van der Waals surface area (Å²) in [6.45, 7) is 8.20. The van der Waals surface area contributed by atoms with E-state index in [9.17, 15) is 8.42 Å². The normalized spacial score (nSPS) is 24.0. The smallest absolute Gasteiger partial charge is 0.243 e. The summed E-state index contributed by atoms with van der Waals surface area (Å²) in [4.78, 5) is 0.349. The molecule has 118 valence electrons. The Balaban J connectivity index is 2.42. The largest absolute Gasteiger partial charge is 0.496 e. The van der Waals surface area contributed by atoms with Gasteiger partial charge in [0.05, 0.1) is 24.2 Å². The van der Waals surface area contributed by atoms with Gasteiger partial charge in [0.1, 0.15) is 5.75 Å². The van der Waals surface area contributed by atoms with Crippen molar-refractivity contribution in [1.82, 2.24) is 4.31 Å². The molecule has 1 fully saturated rings. The molecule has 6 heteroatoms. The van der Waals surface area contributed by atoms with Gasteiger partial charge in [-0.3, -0.25) is 0 Å². The summed E-state index contributed by atoms with van der Waals surface area (Å²) in [7, 11) is -1.92. The molecule has 0 radical (unpaired) electrons. The molecule has 0 saturated carbocycles. The molecule has 0 bridgehead atoms. The molecule has 1 saturated heterocycles. The molecule has 0 aliphatic carbocycles. The third kappa shape index (κ3) is 3.22. The Morgan fingerprint density at radius 1 is 1.14 bits per heavy atom. The van der Waals surface area contributed by atoms with Crippen molar-refractivity contribution < 1.29 is 17.9 Å². The fourth-order valence-corrected chi connectivity index (χ4v) is 4.61. The number of morpholine rings is 1. The van der Waals surface area contributed by atoms with Gasteiger partial charge in [-0.1, -0.05) is 0 Å². The fourth-order valence-electron chi connectivity index (χ4n) is 2.73. The maximum atomic E-state index is 12.9. The van der Waals surface area contributed by atoms with E-state index in [1.165, 1.54) is 4.31 Å². The molecule has 1 aliphatic heterocycles. The third-order valence-corrected chi connectivity index (χ3v) is 5.67. The van der Waals surface area contributed by atoms with Crippen LogP contribution in [0.15, 0.2) is 17.0 Å². The molecule has 1 aromatic carbocycles. The lowest BCUT2D eigenvalue weighted by Crippen LogP contribution is -2.48. The Morgan fingerprint density at radius 3 is 2.24 bits per heavy atom. The summed E-state index contributed by atoms with van der Waals surface area (Å²) in [5, 5.41) is 0. The molecule has 2 unspecified atom stereocenters. The second kappa shape index (κ2) is 5.94. The first-order valence-corrected chi connectivity index (χ1v) is 8.50. The van der Waals surface area contributed by atoms with E-state index in [2.05, 4.69) is 0 Å². The van der Waals surface area contributed by atoms with E-state index in [0.717, 1.165) is 5.56 Å². The maximum Gasteiger partial charge on any atom is 0.243 e. The van der Waals surface area contributed by atoms with Crippen molar-refractivity contribution in [2.24, 2.45) is 0 Å². The van der Waals surface area contributed by atoms with E-state index in [0.29, 0.717) is 29.3 Å². The molecule has 21 heavy (non-hydrogen) atoms. The zero-order valence-electron chi connectivity index (χ0n) is 13.2. The van der Waals surface area contributed by atoms with Crippen LogP contribution in [-0.4, -0.2) is 45.1 Å². The van der Waals surface area contributed by atoms with Crippen LogP contribution in [0.5, 0.6) is 5.75 Å². The SMILES string of the molecule is COc1cc(C)c(S(=O)(=O)N2CC(C)OC(C)C2)cc1C. The number of methoxy groups -OCH3 is 1. The number of hydrogen-bond acceptors (Lipinski definition) is 4. The summed E-state index contributed by atoms with van der Waals surface area (Å²) in [6.07, 6.45) is -0.189. The highest BCUT2D eigenvalue weighted by Gasteiger charge is 2.33. The molecular weight excluding hydrogens is 290 g/mol. The van der Waals surface area contributed by atoms with Crippen molar-refractivity contribution in [3.63, 3.8) is 0 Å². The molecule has 5 nitrogen and oxygen atoms in total. The molecule has 1 heterocycles. The van der Waals surface area contributed by atoms with E-state index < -0.39 is 10.0 Å². The quantitative estimate of drug-likeness (QED) is 0.857. The van der Waals surface area contributed by atoms with Crippen LogP contribution in [0, 0.1) is 13.8 Å². The number of ether oxygens (including phenoxy) is 2. The third-order valence-electron chi connectivity index (χ3n) is 3.70. The molecule has 0 amide bonds. The van der Waals surface area contributed by atoms with Crippen LogP contribution in [0.4, 0.5) is 0 Å². The lowest BCUT2D eigenvalue weighted by molar-refractivity contribution is -0.0440. The lowest BCUT2D eigenvalue weighted by Gasteiger charge is -2.34. The molecule has 0 spiro atoms. The van der Waals surface area contributed by atoms with Crippen LogP contribution in [-0.2, 0) is 14.8 Å². The van der Waals surface area contributed by atoms with Crippen LogP contribution in [0.3, 0.4) is 0 Å². The minimum Gasteiger partial charge on any atom is -0.496 e. The number of benzene rings is 1. The number of nitrogens with zero attached hydrogens (tertiary/aromatic N) is 1. The number of hydrogen-bond donors (Lipinski definition) is 0. The minimum atomic E-state index is -3.51. The van der Waals surface area contributed by atoms with Gasteiger partial charge in [0.2, 0.25) is 10.0 Å². The Morgan fingerprint density at radius 2 is 1.71 bits per heavy atom. The first kappa shape index (κ1) is 16.3. The van der Waals surface area contributed by atoms with Gasteiger partial charge in [-0.2, -0.15) is 4.31 Å². The second-order valence-electron chi connectivity index (χ2n) is 5.67. The zero-order valence-corrected chi connectivity index (χ0v) is 14.0. The monoisotopic (exact) mass is 313 g/mol. The Labute approximate surface area is 126 Å². The summed E-state index contributed by atoms with van der Waals surface area (Å²) >= 11 is 0. The summed E-state index contributed by atoms with van der Waals surface area (Å²) in [5.41, 5.74) is 1.51. The van der Waals surface area contributed by atoms with Crippen LogP contribution >= 0.6 is 0 Å². The average molecular weight is 313 g/mol. The molecule has 2 atom stereocenters. The van der Waals surface area contributed by atoms with Crippen molar-refractivity contribution >= 4 is 10.0 Å². The maximum absolute atomic E-state index is 12.9. The Hall–Kier alpha value is -1.11. The molecule has 0 N–H and O–H groups in total. The topological polar surface area (TPSA) is 55.8 Å². The molecule has 1 aromatic rings. The van der Waals surface area contributed by atoms with E-state index >= 15 is 0 Å². The minimum absolute atomic E-state index is 0.0943. The standard InChI is InChI=1S/C15H23NO4S/c1-10-7-15(11(2)6-14(10)19-5)21(17,18)16-8-12(3)20-13(4)9-16/h6-7,12-13H,8-9H2,1-5H3. The Bertz CT molecular complexity index is 617. The van der Waals surface area contributed by atoms with Gasteiger partial charge >= 0.3 is 0 Å². The highest BCUT2D eigenvalue weighted by molar-refractivity contribution is 7.89. The molecule has 2 rings (SSSR count). The fraction of sp³-hybridized carbons (Fsp3) is 0.600. The molecule has 1 aliphatic rings. The van der Waals surface area contributed by atoms with Crippen LogP contribution in [0.25, 0.3) is 0 Å². The van der Waals surface area contributed by atoms with E-state index in [-0.39, 0.29) is 12.2 Å². The molecule has 0 aromatic heterocycles. The average Bonchev–Trinajstić information content (AvgIpc) is 2.39. The van der Waals surface area contributed by atoms with Crippen molar-refractivity contribution in [2.75, 3.05) is 20.2 Å². The zero-order chi connectivity index (χ0) is 15.8. The summed E-state index contributed by atoms with van der Waals surface area (Å²) in [5.74, 6) is 0.704. The van der Waals surface area contributed by atoms with Gasteiger partial charge in [-0.05, 0) is 51.0 Å². The van der Waals surface area contributed by atoms with Crippen LogP contribution < -0.4 is 4.74 Å². The number of rotatable bonds is 3. The van der Waals surface area contributed by atoms with Gasteiger partial charge in [0.25, 0.3) is 0 Å². The second-order valence-corrected chi connectivity index (χ2v) is 7.57. The first-order valence-electron chi connectivity index (χ1n) is 7.06. The van der Waals surface area contributed by atoms with Crippen molar-refractivity contribution in [1.29, 1.82) is 0 Å². The van der Waals surface area contributed by atoms with E-state index in [4.69, 9.17) is 9.47 Å².